The zero-order valence-corrected chi connectivity index (χ0v) is 14.9. The van der Waals surface area contributed by atoms with E-state index < -0.39 is 0 Å². The fraction of sp³-hybridized carbons (Fsp3) is 0.529. The van der Waals surface area contributed by atoms with Crippen molar-refractivity contribution in [3.8, 4) is 0 Å². The maximum Gasteiger partial charge on any atom is 0.253 e. The topological polar surface area (TPSA) is 66.6 Å². The van der Waals surface area contributed by atoms with E-state index in [2.05, 4.69) is 0 Å². The number of rotatable bonds is 5. The van der Waals surface area contributed by atoms with Gasteiger partial charge in [-0.15, -0.1) is 12.4 Å². The lowest BCUT2D eigenvalue weighted by Gasteiger charge is -2.29. The summed E-state index contributed by atoms with van der Waals surface area (Å²) < 4.78 is 0. The third kappa shape index (κ3) is 4.69. The van der Waals surface area contributed by atoms with Gasteiger partial charge < -0.3 is 15.5 Å². The van der Waals surface area contributed by atoms with Gasteiger partial charge in [-0.2, -0.15) is 0 Å². The summed E-state index contributed by atoms with van der Waals surface area (Å²) in [5.74, 6) is 0.0808. The molecule has 1 heterocycles. The van der Waals surface area contributed by atoms with Gasteiger partial charge in [0.05, 0.1) is 0 Å². The number of nitrogens with zero attached hydrogens (tertiary/aromatic N) is 2. The monoisotopic (exact) mass is 339 g/mol. The Labute approximate surface area is 144 Å². The van der Waals surface area contributed by atoms with Crippen LogP contribution in [0.1, 0.15) is 37.0 Å². The smallest absolute Gasteiger partial charge is 0.253 e. The van der Waals surface area contributed by atoms with Crippen molar-refractivity contribution in [1.29, 1.82) is 0 Å². The van der Waals surface area contributed by atoms with Crippen LogP contribution in [0.5, 0.6) is 0 Å². The molecule has 0 bridgehead atoms. The first-order chi connectivity index (χ1) is 10.3. The van der Waals surface area contributed by atoms with Gasteiger partial charge in [0.1, 0.15) is 0 Å². The number of nitrogens with two attached hydrogens (primary N) is 1. The predicted octanol–water partition coefficient (Wildman–Crippen LogP) is 2.29. The van der Waals surface area contributed by atoms with E-state index in [0.29, 0.717) is 25.1 Å². The molecular formula is C17H26ClN3O2. The van der Waals surface area contributed by atoms with Gasteiger partial charge in [0, 0.05) is 37.8 Å². The highest BCUT2D eigenvalue weighted by atomic mass is 35.5. The summed E-state index contributed by atoms with van der Waals surface area (Å²) in [7, 11) is 1.79. The van der Waals surface area contributed by atoms with Crippen molar-refractivity contribution < 1.29 is 9.59 Å². The second-order valence-corrected chi connectivity index (χ2v) is 6.73. The van der Waals surface area contributed by atoms with Gasteiger partial charge in [-0.05, 0) is 36.6 Å². The molecule has 128 valence electrons. The van der Waals surface area contributed by atoms with E-state index in [1.807, 2.05) is 26.0 Å². The zero-order valence-electron chi connectivity index (χ0n) is 14.0. The van der Waals surface area contributed by atoms with Crippen LogP contribution >= 0.6 is 12.4 Å². The fourth-order valence-corrected chi connectivity index (χ4v) is 2.73. The van der Waals surface area contributed by atoms with Crippen LogP contribution in [0.2, 0.25) is 0 Å². The highest BCUT2D eigenvalue weighted by molar-refractivity contribution is 5.99. The summed E-state index contributed by atoms with van der Waals surface area (Å²) >= 11 is 0. The first-order valence-corrected chi connectivity index (χ1v) is 7.70. The number of halogens is 1. The normalized spacial score (nSPS) is 14.6. The molecular weight excluding hydrogens is 314 g/mol. The summed E-state index contributed by atoms with van der Waals surface area (Å²) in [6.07, 6.45) is 1.46. The Hall–Kier alpha value is -1.59. The first kappa shape index (κ1) is 19.5. The van der Waals surface area contributed by atoms with Gasteiger partial charge in [0.25, 0.3) is 5.91 Å². The molecule has 1 fully saturated rings. The lowest BCUT2D eigenvalue weighted by atomic mass is 9.93. The Bertz CT molecular complexity index is 575. The molecule has 6 heteroatoms. The average molecular weight is 340 g/mol. The first-order valence-electron chi connectivity index (χ1n) is 7.70. The zero-order chi connectivity index (χ0) is 16.3. The lowest BCUT2D eigenvalue weighted by molar-refractivity contribution is -0.117. The van der Waals surface area contributed by atoms with E-state index in [-0.39, 0.29) is 29.6 Å². The summed E-state index contributed by atoms with van der Waals surface area (Å²) in [4.78, 5) is 27.8. The molecule has 1 aromatic carbocycles. The second-order valence-electron chi connectivity index (χ2n) is 6.73. The highest BCUT2D eigenvalue weighted by Crippen LogP contribution is 2.23. The quantitative estimate of drug-likeness (QED) is 0.895. The number of hydrogen-bond acceptors (Lipinski definition) is 3. The van der Waals surface area contributed by atoms with Crippen molar-refractivity contribution in [3.63, 3.8) is 0 Å². The Morgan fingerprint density at radius 1 is 1.39 bits per heavy atom. The van der Waals surface area contributed by atoms with Crippen LogP contribution in [0.4, 0.5) is 5.69 Å². The number of benzene rings is 1. The molecule has 0 spiro atoms. The molecule has 1 aliphatic heterocycles. The van der Waals surface area contributed by atoms with Crippen molar-refractivity contribution >= 4 is 29.9 Å². The number of carbonyl (C=O) groups is 2. The van der Waals surface area contributed by atoms with Gasteiger partial charge in [-0.25, -0.2) is 0 Å². The van der Waals surface area contributed by atoms with Gasteiger partial charge in [0.15, 0.2) is 0 Å². The average Bonchev–Trinajstić information content (AvgIpc) is 2.92. The fourth-order valence-electron chi connectivity index (χ4n) is 2.73. The van der Waals surface area contributed by atoms with Crippen LogP contribution in [0.15, 0.2) is 24.3 Å². The van der Waals surface area contributed by atoms with Crippen LogP contribution in [0.25, 0.3) is 0 Å². The van der Waals surface area contributed by atoms with E-state index in [0.717, 1.165) is 18.7 Å². The van der Waals surface area contributed by atoms with Crippen LogP contribution < -0.4 is 10.6 Å². The predicted molar refractivity (Wildman–Crippen MR) is 95.1 cm³/mol. The third-order valence-corrected chi connectivity index (χ3v) is 4.04. The molecule has 1 aliphatic rings. The van der Waals surface area contributed by atoms with Gasteiger partial charge in [-0.3, -0.25) is 9.59 Å². The number of carbonyl (C=O) groups excluding carboxylic acids is 2. The van der Waals surface area contributed by atoms with Crippen LogP contribution in [-0.2, 0) is 4.79 Å². The lowest BCUT2D eigenvalue weighted by Crippen LogP contribution is -2.39. The molecule has 2 amide bonds. The maximum absolute atomic E-state index is 12.6. The Balaban J connectivity index is 0.00000264. The molecule has 0 unspecified atom stereocenters. The number of amides is 2. The van der Waals surface area contributed by atoms with Crippen molar-refractivity contribution in [2.24, 2.45) is 11.1 Å². The summed E-state index contributed by atoms with van der Waals surface area (Å²) in [5.41, 5.74) is 7.02. The largest absolute Gasteiger partial charge is 0.341 e. The molecule has 5 nitrogen and oxygen atoms in total. The van der Waals surface area contributed by atoms with E-state index in [4.69, 9.17) is 5.73 Å². The molecule has 1 aromatic rings. The minimum atomic E-state index is -0.118. The van der Waals surface area contributed by atoms with Gasteiger partial charge in [-0.1, -0.05) is 19.9 Å². The SMILES string of the molecule is CN(CC(C)(C)CN)C(=O)c1cccc(N2CCCC2=O)c1.Cl. The van der Waals surface area contributed by atoms with Crippen LogP contribution in [-0.4, -0.2) is 43.4 Å². The Kier molecular flexibility index (Phi) is 6.59. The summed E-state index contributed by atoms with van der Waals surface area (Å²) in [6, 6.07) is 7.30. The van der Waals surface area contributed by atoms with Crippen molar-refractivity contribution in [3.05, 3.63) is 29.8 Å². The third-order valence-electron chi connectivity index (χ3n) is 4.04. The Morgan fingerprint density at radius 3 is 2.65 bits per heavy atom. The minimum absolute atomic E-state index is 0. The number of hydrogen-bond donors (Lipinski definition) is 1. The van der Waals surface area contributed by atoms with Crippen LogP contribution in [0.3, 0.4) is 0 Å². The maximum atomic E-state index is 12.6. The molecule has 0 atom stereocenters. The Morgan fingerprint density at radius 2 is 2.09 bits per heavy atom. The molecule has 0 aromatic heterocycles. The standard InChI is InChI=1S/C17H25N3O2.ClH/c1-17(2,11-18)12-19(3)16(22)13-6-4-7-14(10-13)20-9-5-8-15(20)21;/h4,6-7,10H,5,8-9,11-12,18H2,1-3H3;1H. The highest BCUT2D eigenvalue weighted by Gasteiger charge is 2.24. The van der Waals surface area contributed by atoms with Crippen molar-refractivity contribution in [2.75, 3.05) is 31.6 Å². The summed E-state index contributed by atoms with van der Waals surface area (Å²) in [6.45, 7) is 5.92. The minimum Gasteiger partial charge on any atom is -0.341 e. The molecule has 0 saturated carbocycles. The molecule has 0 radical (unpaired) electrons. The van der Waals surface area contributed by atoms with Crippen LogP contribution in [0, 0.1) is 5.41 Å². The summed E-state index contributed by atoms with van der Waals surface area (Å²) in [5, 5.41) is 0. The van der Waals surface area contributed by atoms with Crippen molar-refractivity contribution in [2.45, 2.75) is 26.7 Å². The molecule has 0 aliphatic carbocycles. The number of anilines is 1. The molecule has 1 saturated heterocycles. The van der Waals surface area contributed by atoms with Gasteiger partial charge >= 0.3 is 0 Å². The van der Waals surface area contributed by atoms with Gasteiger partial charge in [0.2, 0.25) is 5.91 Å². The molecule has 23 heavy (non-hydrogen) atoms. The van der Waals surface area contributed by atoms with E-state index in [9.17, 15) is 9.59 Å². The second kappa shape index (κ2) is 7.79. The van der Waals surface area contributed by atoms with E-state index >= 15 is 0 Å². The van der Waals surface area contributed by atoms with E-state index in [1.54, 1.807) is 29.0 Å². The van der Waals surface area contributed by atoms with Crippen molar-refractivity contribution in [1.82, 2.24) is 4.90 Å². The molecule has 2 N–H and O–H groups in total. The molecule has 2 rings (SSSR count). The van der Waals surface area contributed by atoms with E-state index in [1.165, 1.54) is 0 Å².